The van der Waals surface area contributed by atoms with Crippen LogP contribution in [-0.2, 0) is 4.74 Å². The van der Waals surface area contributed by atoms with Crippen LogP contribution in [0.4, 0.5) is 13.2 Å². The number of guanidine groups is 1. The normalized spacial score (nSPS) is 20.0. The van der Waals surface area contributed by atoms with E-state index in [0.717, 1.165) is 13.1 Å². The Morgan fingerprint density at radius 3 is 2.75 bits per heavy atom. The number of ether oxygens (including phenoxy) is 1. The fraction of sp³-hybridized carbons (Fsp3) is 0.933. The molecule has 1 saturated heterocycles. The fourth-order valence-electron chi connectivity index (χ4n) is 2.55. The summed E-state index contributed by atoms with van der Waals surface area (Å²) in [5.74, 6) is 0.663. The van der Waals surface area contributed by atoms with Crippen molar-refractivity contribution in [3.63, 3.8) is 0 Å². The summed E-state index contributed by atoms with van der Waals surface area (Å²) in [7, 11) is 3.67. The van der Waals surface area contributed by atoms with Crippen LogP contribution in [0, 0.1) is 0 Å². The van der Waals surface area contributed by atoms with Crippen LogP contribution in [0.2, 0.25) is 0 Å². The summed E-state index contributed by atoms with van der Waals surface area (Å²) in [6.45, 7) is 5.61. The molecule has 1 heterocycles. The molecule has 1 unspecified atom stereocenters. The highest BCUT2D eigenvalue weighted by atomic mass is 19.4. The van der Waals surface area contributed by atoms with E-state index in [0.29, 0.717) is 45.2 Å². The molecule has 1 aliphatic heterocycles. The zero-order valence-electron chi connectivity index (χ0n) is 14.8. The van der Waals surface area contributed by atoms with Crippen molar-refractivity contribution in [1.29, 1.82) is 0 Å². The van der Waals surface area contributed by atoms with Gasteiger partial charge in [0.05, 0.1) is 19.7 Å². The number of methoxy groups -OCH3 is 1. The standard InChI is InChI=1S/C15H30F3N5O/c1-4-19-14(20-6-8-22(2)9-10-24-3)21-13-5-7-23(11-13)12-15(16,17)18/h13H,4-12H2,1-3H3,(H2,19,20,21). The van der Waals surface area contributed by atoms with E-state index >= 15 is 0 Å². The summed E-state index contributed by atoms with van der Waals surface area (Å²) in [5, 5.41) is 6.38. The van der Waals surface area contributed by atoms with Gasteiger partial charge in [-0.2, -0.15) is 13.2 Å². The molecule has 0 aromatic heterocycles. The van der Waals surface area contributed by atoms with E-state index < -0.39 is 12.7 Å². The highest BCUT2D eigenvalue weighted by Gasteiger charge is 2.34. The molecule has 1 atom stereocenters. The molecule has 1 rings (SSSR count). The first-order valence-corrected chi connectivity index (χ1v) is 8.35. The maximum Gasteiger partial charge on any atom is 0.401 e. The largest absolute Gasteiger partial charge is 0.401 e. The number of halogens is 3. The summed E-state index contributed by atoms with van der Waals surface area (Å²) in [6, 6.07) is -0.00336. The van der Waals surface area contributed by atoms with Gasteiger partial charge in [-0.3, -0.25) is 9.89 Å². The van der Waals surface area contributed by atoms with Crippen LogP contribution in [0.25, 0.3) is 0 Å². The number of nitrogens with one attached hydrogen (secondary N) is 2. The van der Waals surface area contributed by atoms with Crippen molar-refractivity contribution >= 4 is 5.96 Å². The molecule has 0 aromatic rings. The van der Waals surface area contributed by atoms with Crippen molar-refractivity contribution in [2.45, 2.75) is 25.6 Å². The maximum atomic E-state index is 12.4. The molecule has 24 heavy (non-hydrogen) atoms. The zero-order valence-corrected chi connectivity index (χ0v) is 14.8. The third-order valence-electron chi connectivity index (χ3n) is 3.79. The summed E-state index contributed by atoms with van der Waals surface area (Å²) in [5.41, 5.74) is 0. The molecular formula is C15H30F3N5O. The molecule has 6 nitrogen and oxygen atoms in total. The molecule has 0 spiro atoms. The van der Waals surface area contributed by atoms with E-state index in [-0.39, 0.29) is 6.04 Å². The first kappa shape index (κ1) is 21.0. The Morgan fingerprint density at radius 1 is 1.38 bits per heavy atom. The highest BCUT2D eigenvalue weighted by molar-refractivity contribution is 5.80. The van der Waals surface area contributed by atoms with Crippen LogP contribution in [0.5, 0.6) is 0 Å². The predicted octanol–water partition coefficient (Wildman–Crippen LogP) is 0.756. The monoisotopic (exact) mass is 353 g/mol. The Hall–Kier alpha value is -1.06. The predicted molar refractivity (Wildman–Crippen MR) is 89.4 cm³/mol. The Morgan fingerprint density at radius 2 is 2.12 bits per heavy atom. The molecule has 0 aliphatic carbocycles. The summed E-state index contributed by atoms with van der Waals surface area (Å²) >= 11 is 0. The zero-order chi connectivity index (χ0) is 18.0. The number of alkyl halides is 3. The maximum absolute atomic E-state index is 12.4. The molecule has 0 amide bonds. The third-order valence-corrected chi connectivity index (χ3v) is 3.79. The van der Waals surface area contributed by atoms with Gasteiger partial charge in [-0.1, -0.05) is 0 Å². The number of aliphatic imine (C=N–C) groups is 1. The van der Waals surface area contributed by atoms with Gasteiger partial charge in [0.1, 0.15) is 0 Å². The average Bonchev–Trinajstić information content (AvgIpc) is 2.90. The van der Waals surface area contributed by atoms with E-state index in [4.69, 9.17) is 4.74 Å². The molecule has 0 radical (unpaired) electrons. The molecule has 1 fully saturated rings. The lowest BCUT2D eigenvalue weighted by Gasteiger charge is -2.20. The highest BCUT2D eigenvalue weighted by Crippen LogP contribution is 2.19. The van der Waals surface area contributed by atoms with Gasteiger partial charge in [-0.15, -0.1) is 0 Å². The van der Waals surface area contributed by atoms with E-state index in [1.165, 1.54) is 4.90 Å². The van der Waals surface area contributed by atoms with Crippen LogP contribution in [-0.4, -0.2) is 94.6 Å². The van der Waals surface area contributed by atoms with Gasteiger partial charge in [0, 0.05) is 45.9 Å². The van der Waals surface area contributed by atoms with E-state index in [1.54, 1.807) is 7.11 Å². The van der Waals surface area contributed by atoms with Crippen LogP contribution >= 0.6 is 0 Å². The van der Waals surface area contributed by atoms with Crippen molar-refractivity contribution in [1.82, 2.24) is 20.4 Å². The van der Waals surface area contributed by atoms with E-state index in [1.807, 2.05) is 14.0 Å². The lowest BCUT2D eigenvalue weighted by atomic mass is 10.3. The number of rotatable bonds is 9. The van der Waals surface area contributed by atoms with Gasteiger partial charge in [0.15, 0.2) is 5.96 Å². The molecule has 2 N–H and O–H groups in total. The van der Waals surface area contributed by atoms with Crippen molar-refractivity contribution in [3.05, 3.63) is 0 Å². The molecule has 0 saturated carbocycles. The van der Waals surface area contributed by atoms with E-state index in [2.05, 4.69) is 20.5 Å². The van der Waals surface area contributed by atoms with Crippen LogP contribution in [0.3, 0.4) is 0 Å². The second-order valence-electron chi connectivity index (χ2n) is 6.04. The van der Waals surface area contributed by atoms with Crippen molar-refractivity contribution in [2.24, 2.45) is 4.99 Å². The lowest BCUT2D eigenvalue weighted by molar-refractivity contribution is -0.143. The van der Waals surface area contributed by atoms with E-state index in [9.17, 15) is 13.2 Å². The Labute approximate surface area is 142 Å². The Balaban J connectivity index is 2.38. The number of hydrogen-bond acceptors (Lipinski definition) is 4. The van der Waals surface area contributed by atoms with Gasteiger partial charge in [-0.05, 0) is 20.4 Å². The molecule has 9 heteroatoms. The molecule has 142 valence electrons. The average molecular weight is 353 g/mol. The minimum absolute atomic E-state index is 0.00336. The summed E-state index contributed by atoms with van der Waals surface area (Å²) in [6.07, 6.45) is -3.45. The second kappa shape index (κ2) is 10.7. The quantitative estimate of drug-likeness (QED) is 0.473. The number of hydrogen-bond donors (Lipinski definition) is 2. The summed E-state index contributed by atoms with van der Waals surface area (Å²) < 4.78 is 42.3. The van der Waals surface area contributed by atoms with Crippen molar-refractivity contribution in [3.8, 4) is 0 Å². The van der Waals surface area contributed by atoms with Gasteiger partial charge in [0.2, 0.25) is 0 Å². The van der Waals surface area contributed by atoms with Crippen LogP contribution < -0.4 is 10.6 Å². The minimum atomic E-state index is -4.14. The van der Waals surface area contributed by atoms with Gasteiger partial charge in [-0.25, -0.2) is 0 Å². The van der Waals surface area contributed by atoms with Crippen molar-refractivity contribution in [2.75, 3.05) is 66.6 Å². The van der Waals surface area contributed by atoms with Gasteiger partial charge < -0.3 is 20.3 Å². The molecule has 0 aromatic carbocycles. The van der Waals surface area contributed by atoms with Gasteiger partial charge in [0.25, 0.3) is 0 Å². The smallest absolute Gasteiger partial charge is 0.383 e. The number of likely N-dealkylation sites (N-methyl/N-ethyl adjacent to an activating group) is 1. The Kier molecular flexibility index (Phi) is 9.38. The number of nitrogens with zero attached hydrogens (tertiary/aromatic N) is 3. The van der Waals surface area contributed by atoms with Crippen molar-refractivity contribution < 1.29 is 17.9 Å². The molecule has 0 bridgehead atoms. The minimum Gasteiger partial charge on any atom is -0.383 e. The third kappa shape index (κ3) is 9.29. The lowest BCUT2D eigenvalue weighted by Crippen LogP contribution is -2.45. The Bertz CT molecular complexity index is 379. The first-order chi connectivity index (χ1) is 11.3. The first-order valence-electron chi connectivity index (χ1n) is 8.35. The SMILES string of the molecule is CCNC(=NCCN(C)CCOC)NC1CCN(CC(F)(F)F)C1. The van der Waals surface area contributed by atoms with Gasteiger partial charge >= 0.3 is 6.18 Å². The molecule has 1 aliphatic rings. The topological polar surface area (TPSA) is 52.1 Å². The van der Waals surface area contributed by atoms with Crippen LogP contribution in [0.15, 0.2) is 4.99 Å². The van der Waals surface area contributed by atoms with Crippen LogP contribution in [0.1, 0.15) is 13.3 Å². The summed E-state index contributed by atoms with van der Waals surface area (Å²) in [4.78, 5) is 8.05. The molecular weight excluding hydrogens is 323 g/mol. The second-order valence-corrected chi connectivity index (χ2v) is 6.04. The number of likely N-dealkylation sites (tertiary alicyclic amines) is 1. The fourth-order valence-corrected chi connectivity index (χ4v) is 2.55.